The van der Waals surface area contributed by atoms with Crippen LogP contribution >= 0.6 is 0 Å². The molecule has 0 bridgehead atoms. The van der Waals surface area contributed by atoms with Gasteiger partial charge in [-0.05, 0) is 6.07 Å². The van der Waals surface area contributed by atoms with Crippen molar-refractivity contribution in [3.63, 3.8) is 0 Å². The van der Waals surface area contributed by atoms with Gasteiger partial charge in [-0.25, -0.2) is 9.97 Å². The summed E-state index contributed by atoms with van der Waals surface area (Å²) in [5.41, 5.74) is 5.21. The molecule has 1 aromatic rings. The summed E-state index contributed by atoms with van der Waals surface area (Å²) in [7, 11) is 1.53. The number of amides is 1. The van der Waals surface area contributed by atoms with Crippen LogP contribution in [0.1, 0.15) is 16.3 Å². The second kappa shape index (κ2) is 3.77. The van der Waals surface area contributed by atoms with E-state index in [-0.39, 0.29) is 12.3 Å². The fraction of sp³-hybridized carbons (Fsp3) is 0.286. The van der Waals surface area contributed by atoms with Gasteiger partial charge in [0.2, 0.25) is 0 Å². The van der Waals surface area contributed by atoms with Crippen molar-refractivity contribution < 1.29 is 9.53 Å². The molecule has 0 saturated carbocycles. The average Bonchev–Trinajstić information content (AvgIpc) is 2.05. The Morgan fingerprint density at radius 1 is 1.75 bits per heavy atom. The lowest BCUT2D eigenvalue weighted by Crippen LogP contribution is -2.14. The van der Waals surface area contributed by atoms with Gasteiger partial charge in [0, 0.05) is 13.3 Å². The lowest BCUT2D eigenvalue weighted by atomic mass is 10.4. The topological polar surface area (TPSA) is 78.1 Å². The maximum absolute atomic E-state index is 10.6. The highest BCUT2D eigenvalue weighted by molar-refractivity contribution is 5.90. The SMILES string of the molecule is COCc1nccc(C(N)=O)n1. The molecule has 1 rings (SSSR count). The first-order chi connectivity index (χ1) is 5.74. The molecule has 0 aromatic carbocycles. The summed E-state index contributed by atoms with van der Waals surface area (Å²) in [5, 5.41) is 0. The first-order valence-corrected chi connectivity index (χ1v) is 3.34. The fourth-order valence-electron chi connectivity index (χ4n) is 0.735. The Hall–Kier alpha value is -1.49. The minimum absolute atomic E-state index is 0.206. The Balaban J connectivity index is 2.88. The second-order valence-electron chi connectivity index (χ2n) is 2.16. The predicted octanol–water partition coefficient (Wildman–Crippen LogP) is -0.278. The number of primary amides is 1. The van der Waals surface area contributed by atoms with Gasteiger partial charge in [-0.1, -0.05) is 0 Å². The van der Waals surface area contributed by atoms with Gasteiger partial charge in [0.05, 0.1) is 0 Å². The fourth-order valence-corrected chi connectivity index (χ4v) is 0.735. The minimum Gasteiger partial charge on any atom is -0.377 e. The highest BCUT2D eigenvalue weighted by Gasteiger charge is 2.02. The molecule has 1 amide bonds. The second-order valence-corrected chi connectivity index (χ2v) is 2.16. The number of hydrogen-bond acceptors (Lipinski definition) is 4. The maximum Gasteiger partial charge on any atom is 0.267 e. The van der Waals surface area contributed by atoms with E-state index in [1.54, 1.807) is 0 Å². The molecule has 64 valence electrons. The number of hydrogen-bond donors (Lipinski definition) is 1. The number of ether oxygens (including phenoxy) is 1. The van der Waals surface area contributed by atoms with E-state index >= 15 is 0 Å². The van der Waals surface area contributed by atoms with Gasteiger partial charge in [0.25, 0.3) is 5.91 Å². The number of carbonyl (C=O) groups is 1. The molecule has 0 saturated heterocycles. The van der Waals surface area contributed by atoms with Crippen molar-refractivity contribution in [2.24, 2.45) is 5.73 Å². The summed E-state index contributed by atoms with van der Waals surface area (Å²) in [4.78, 5) is 18.4. The number of rotatable bonds is 3. The number of methoxy groups -OCH3 is 1. The van der Waals surface area contributed by atoms with Crippen molar-refractivity contribution in [1.29, 1.82) is 0 Å². The summed E-state index contributed by atoms with van der Waals surface area (Å²) in [6.07, 6.45) is 1.47. The monoisotopic (exact) mass is 167 g/mol. The Morgan fingerprint density at radius 2 is 2.50 bits per heavy atom. The molecule has 1 aromatic heterocycles. The van der Waals surface area contributed by atoms with E-state index < -0.39 is 5.91 Å². The molecule has 5 nitrogen and oxygen atoms in total. The first-order valence-electron chi connectivity index (χ1n) is 3.34. The van der Waals surface area contributed by atoms with E-state index in [4.69, 9.17) is 10.5 Å². The molecule has 1 heterocycles. The van der Waals surface area contributed by atoms with Gasteiger partial charge >= 0.3 is 0 Å². The Labute approximate surface area is 69.6 Å². The summed E-state index contributed by atoms with van der Waals surface area (Å²) in [6, 6.07) is 1.46. The molecule has 0 aliphatic rings. The van der Waals surface area contributed by atoms with Gasteiger partial charge in [-0.15, -0.1) is 0 Å². The molecular formula is C7H9N3O2. The number of nitrogens with zero attached hydrogens (tertiary/aromatic N) is 2. The van der Waals surface area contributed by atoms with Crippen molar-refractivity contribution >= 4 is 5.91 Å². The van der Waals surface area contributed by atoms with Crippen LogP contribution in [0.25, 0.3) is 0 Å². The van der Waals surface area contributed by atoms with Crippen LogP contribution in [0, 0.1) is 0 Å². The van der Waals surface area contributed by atoms with Crippen LogP contribution in [0.15, 0.2) is 12.3 Å². The lowest BCUT2D eigenvalue weighted by Gasteiger charge is -1.98. The van der Waals surface area contributed by atoms with Crippen LogP contribution in [0.3, 0.4) is 0 Å². The third kappa shape index (κ3) is 2.00. The van der Waals surface area contributed by atoms with E-state index in [1.165, 1.54) is 19.4 Å². The zero-order chi connectivity index (χ0) is 8.97. The molecular weight excluding hydrogens is 158 g/mol. The van der Waals surface area contributed by atoms with E-state index in [2.05, 4.69) is 9.97 Å². The Kier molecular flexibility index (Phi) is 2.71. The van der Waals surface area contributed by atoms with Crippen LogP contribution in [0.4, 0.5) is 0 Å². The molecule has 0 aliphatic heterocycles. The van der Waals surface area contributed by atoms with E-state index in [0.29, 0.717) is 5.82 Å². The summed E-state index contributed by atoms with van der Waals surface area (Å²) in [5.74, 6) is -0.108. The summed E-state index contributed by atoms with van der Waals surface area (Å²) >= 11 is 0. The third-order valence-electron chi connectivity index (χ3n) is 1.23. The number of aromatic nitrogens is 2. The van der Waals surface area contributed by atoms with E-state index in [9.17, 15) is 4.79 Å². The molecule has 2 N–H and O–H groups in total. The highest BCUT2D eigenvalue weighted by Crippen LogP contribution is 1.95. The standard InChI is InChI=1S/C7H9N3O2/c1-12-4-6-9-3-2-5(10-6)7(8)11/h2-3H,4H2,1H3,(H2,8,11). The van der Waals surface area contributed by atoms with Crippen LogP contribution < -0.4 is 5.73 Å². The number of nitrogens with two attached hydrogens (primary N) is 1. The Bertz CT molecular complexity index is 288. The van der Waals surface area contributed by atoms with Gasteiger partial charge in [-0.2, -0.15) is 0 Å². The van der Waals surface area contributed by atoms with Crippen LogP contribution in [-0.2, 0) is 11.3 Å². The van der Waals surface area contributed by atoms with Gasteiger partial charge in [0.15, 0.2) is 5.82 Å². The van der Waals surface area contributed by atoms with Gasteiger partial charge < -0.3 is 10.5 Å². The summed E-state index contributed by atoms with van der Waals surface area (Å²) < 4.78 is 4.79. The van der Waals surface area contributed by atoms with Gasteiger partial charge in [-0.3, -0.25) is 4.79 Å². The molecule has 0 spiro atoms. The predicted molar refractivity (Wildman–Crippen MR) is 41.3 cm³/mol. The maximum atomic E-state index is 10.6. The van der Waals surface area contributed by atoms with Crippen LogP contribution in [0.5, 0.6) is 0 Å². The van der Waals surface area contributed by atoms with E-state index in [1.807, 2.05) is 0 Å². The van der Waals surface area contributed by atoms with E-state index in [0.717, 1.165) is 0 Å². The molecule has 0 unspecified atom stereocenters. The van der Waals surface area contributed by atoms with Crippen molar-refractivity contribution in [3.8, 4) is 0 Å². The van der Waals surface area contributed by atoms with Crippen molar-refractivity contribution in [2.45, 2.75) is 6.61 Å². The summed E-state index contributed by atoms with van der Waals surface area (Å²) in [6.45, 7) is 0.279. The average molecular weight is 167 g/mol. The first kappa shape index (κ1) is 8.61. The molecule has 0 atom stereocenters. The molecule has 5 heteroatoms. The smallest absolute Gasteiger partial charge is 0.267 e. The van der Waals surface area contributed by atoms with Crippen LogP contribution in [0.2, 0.25) is 0 Å². The largest absolute Gasteiger partial charge is 0.377 e. The zero-order valence-corrected chi connectivity index (χ0v) is 6.65. The van der Waals surface area contributed by atoms with Crippen LogP contribution in [-0.4, -0.2) is 23.0 Å². The quantitative estimate of drug-likeness (QED) is 0.671. The van der Waals surface area contributed by atoms with Crippen molar-refractivity contribution in [1.82, 2.24) is 9.97 Å². The molecule has 12 heavy (non-hydrogen) atoms. The number of carbonyl (C=O) groups excluding carboxylic acids is 1. The van der Waals surface area contributed by atoms with Gasteiger partial charge in [0.1, 0.15) is 12.3 Å². The molecule has 0 fully saturated rings. The highest BCUT2D eigenvalue weighted by atomic mass is 16.5. The Morgan fingerprint density at radius 3 is 3.08 bits per heavy atom. The van der Waals surface area contributed by atoms with Crippen molar-refractivity contribution in [3.05, 3.63) is 23.8 Å². The van der Waals surface area contributed by atoms with Crippen molar-refractivity contribution in [2.75, 3.05) is 7.11 Å². The molecule has 0 radical (unpaired) electrons. The normalized spacial score (nSPS) is 9.75. The minimum atomic E-state index is -0.560. The molecule has 0 aliphatic carbocycles. The lowest BCUT2D eigenvalue weighted by molar-refractivity contribution is 0.0994. The zero-order valence-electron chi connectivity index (χ0n) is 6.65. The third-order valence-corrected chi connectivity index (χ3v) is 1.23.